The fourth-order valence-corrected chi connectivity index (χ4v) is 2.19. The molecule has 96 valence electrons. The van der Waals surface area contributed by atoms with Crippen molar-refractivity contribution in [3.8, 4) is 6.07 Å². The Morgan fingerprint density at radius 2 is 1.79 bits per heavy atom. The van der Waals surface area contributed by atoms with Crippen LogP contribution >= 0.6 is 11.6 Å². The predicted molar refractivity (Wildman–Crippen MR) is 79.3 cm³/mol. The Morgan fingerprint density at radius 3 is 2.37 bits per heavy atom. The molecular weight excluding hydrogens is 256 g/mol. The third-order valence-electron chi connectivity index (χ3n) is 3.03. The number of nitrogens with one attached hydrogen (secondary N) is 1. The summed E-state index contributed by atoms with van der Waals surface area (Å²) >= 11 is 5.94. The highest BCUT2D eigenvalue weighted by Crippen LogP contribution is 2.24. The van der Waals surface area contributed by atoms with E-state index < -0.39 is 0 Å². The van der Waals surface area contributed by atoms with Crippen LogP contribution in [0.4, 0.5) is 5.69 Å². The summed E-state index contributed by atoms with van der Waals surface area (Å²) in [6.45, 7) is 4.00. The number of anilines is 1. The van der Waals surface area contributed by atoms with Crippen molar-refractivity contribution in [2.24, 2.45) is 0 Å². The van der Waals surface area contributed by atoms with Crippen molar-refractivity contribution in [3.63, 3.8) is 0 Å². The van der Waals surface area contributed by atoms with Crippen molar-refractivity contribution in [2.45, 2.75) is 19.9 Å². The zero-order chi connectivity index (χ0) is 13.8. The molecule has 0 heterocycles. The van der Waals surface area contributed by atoms with Gasteiger partial charge in [-0.2, -0.15) is 5.26 Å². The molecule has 0 spiro atoms. The van der Waals surface area contributed by atoms with Crippen LogP contribution in [-0.4, -0.2) is 0 Å². The molecule has 0 saturated heterocycles. The lowest BCUT2D eigenvalue weighted by Crippen LogP contribution is -2.09. The van der Waals surface area contributed by atoms with Gasteiger partial charge in [0.15, 0.2) is 0 Å². The molecule has 0 aliphatic rings. The van der Waals surface area contributed by atoms with E-state index in [9.17, 15) is 5.26 Å². The summed E-state index contributed by atoms with van der Waals surface area (Å²) < 4.78 is 0. The van der Waals surface area contributed by atoms with Gasteiger partial charge < -0.3 is 5.32 Å². The minimum absolute atomic E-state index is 0.375. The van der Waals surface area contributed by atoms with Gasteiger partial charge in [0.1, 0.15) is 6.04 Å². The van der Waals surface area contributed by atoms with E-state index in [1.54, 1.807) is 0 Å². The summed E-state index contributed by atoms with van der Waals surface area (Å²) in [7, 11) is 0. The minimum atomic E-state index is -0.375. The van der Waals surface area contributed by atoms with Gasteiger partial charge in [0, 0.05) is 10.7 Å². The third kappa shape index (κ3) is 3.27. The van der Waals surface area contributed by atoms with Crippen LogP contribution < -0.4 is 5.32 Å². The van der Waals surface area contributed by atoms with E-state index in [2.05, 4.69) is 11.4 Å². The maximum Gasteiger partial charge on any atom is 0.140 e. The molecule has 0 fully saturated rings. The van der Waals surface area contributed by atoms with Crippen molar-refractivity contribution < 1.29 is 0 Å². The Labute approximate surface area is 118 Å². The van der Waals surface area contributed by atoms with Crippen molar-refractivity contribution in [3.05, 3.63) is 64.2 Å². The molecule has 1 unspecified atom stereocenters. The zero-order valence-corrected chi connectivity index (χ0v) is 11.7. The van der Waals surface area contributed by atoms with Crippen LogP contribution in [0.2, 0.25) is 5.02 Å². The fourth-order valence-electron chi connectivity index (χ4n) is 1.96. The largest absolute Gasteiger partial charge is 0.366 e. The highest BCUT2D eigenvalue weighted by atomic mass is 35.5. The number of nitrogens with zero attached hydrogens (tertiary/aromatic N) is 1. The van der Waals surface area contributed by atoms with Crippen molar-refractivity contribution >= 4 is 17.3 Å². The second-order valence-electron chi connectivity index (χ2n) is 4.57. The third-order valence-corrected chi connectivity index (χ3v) is 3.27. The zero-order valence-electron chi connectivity index (χ0n) is 10.9. The minimum Gasteiger partial charge on any atom is -0.366 e. The molecule has 0 aliphatic heterocycles. The lowest BCUT2D eigenvalue weighted by molar-refractivity contribution is 0.981. The Kier molecular flexibility index (Phi) is 4.09. The first kappa shape index (κ1) is 13.5. The fraction of sp³-hybridized carbons (Fsp3) is 0.188. The molecule has 0 saturated carbocycles. The van der Waals surface area contributed by atoms with Gasteiger partial charge in [0.2, 0.25) is 0 Å². The van der Waals surface area contributed by atoms with Gasteiger partial charge in [-0.3, -0.25) is 0 Å². The first-order valence-corrected chi connectivity index (χ1v) is 6.47. The predicted octanol–water partition coefficient (Wildman–Crippen LogP) is 4.63. The standard InChI is InChI=1S/C16H15ClN2/c1-11-3-6-14(7-4-11)19-16(10-18)15-8-5-13(17)9-12(15)2/h3-9,16,19H,1-2H3. The second-order valence-corrected chi connectivity index (χ2v) is 5.01. The van der Waals surface area contributed by atoms with Gasteiger partial charge in [-0.05, 0) is 49.2 Å². The van der Waals surface area contributed by atoms with Gasteiger partial charge in [-0.25, -0.2) is 0 Å². The van der Waals surface area contributed by atoms with Gasteiger partial charge in [-0.15, -0.1) is 0 Å². The number of aryl methyl sites for hydroxylation is 2. The summed E-state index contributed by atoms with van der Waals surface area (Å²) in [6.07, 6.45) is 0. The van der Waals surface area contributed by atoms with Crippen LogP contribution in [0, 0.1) is 25.2 Å². The lowest BCUT2D eigenvalue weighted by Gasteiger charge is -2.16. The van der Waals surface area contributed by atoms with Crippen molar-refractivity contribution in [1.29, 1.82) is 5.26 Å². The van der Waals surface area contributed by atoms with Crippen molar-refractivity contribution in [1.82, 2.24) is 0 Å². The van der Waals surface area contributed by atoms with Crippen LogP contribution in [0.15, 0.2) is 42.5 Å². The van der Waals surface area contributed by atoms with Crippen LogP contribution in [0.25, 0.3) is 0 Å². The number of rotatable bonds is 3. The molecule has 0 bridgehead atoms. The summed E-state index contributed by atoms with van der Waals surface area (Å²) in [5.41, 5.74) is 4.10. The van der Waals surface area contributed by atoms with Gasteiger partial charge in [0.25, 0.3) is 0 Å². The Balaban J connectivity index is 2.25. The highest BCUT2D eigenvalue weighted by molar-refractivity contribution is 6.30. The van der Waals surface area contributed by atoms with E-state index in [-0.39, 0.29) is 6.04 Å². The molecule has 19 heavy (non-hydrogen) atoms. The number of benzene rings is 2. The molecule has 0 aliphatic carbocycles. The number of halogens is 1. The van der Waals surface area contributed by atoms with Gasteiger partial charge >= 0.3 is 0 Å². The van der Waals surface area contributed by atoms with E-state index in [1.165, 1.54) is 5.56 Å². The van der Waals surface area contributed by atoms with Crippen LogP contribution in [0.3, 0.4) is 0 Å². The average Bonchev–Trinajstić information content (AvgIpc) is 2.39. The summed E-state index contributed by atoms with van der Waals surface area (Å²) in [4.78, 5) is 0. The molecule has 2 nitrogen and oxygen atoms in total. The van der Waals surface area contributed by atoms with E-state index in [1.807, 2.05) is 56.3 Å². The first-order valence-electron chi connectivity index (χ1n) is 6.09. The first-order chi connectivity index (χ1) is 9.10. The molecule has 2 aromatic carbocycles. The van der Waals surface area contributed by atoms with Gasteiger partial charge in [-0.1, -0.05) is 35.4 Å². The Hall–Kier alpha value is -1.98. The molecule has 0 aromatic heterocycles. The maximum atomic E-state index is 9.34. The molecule has 3 heteroatoms. The van der Waals surface area contributed by atoms with E-state index in [0.717, 1.165) is 16.8 Å². The lowest BCUT2D eigenvalue weighted by atomic mass is 10.0. The molecule has 0 radical (unpaired) electrons. The normalized spacial score (nSPS) is 11.7. The van der Waals surface area contributed by atoms with E-state index in [0.29, 0.717) is 5.02 Å². The summed E-state index contributed by atoms with van der Waals surface area (Å²) in [5.74, 6) is 0. The van der Waals surface area contributed by atoms with Crippen molar-refractivity contribution in [2.75, 3.05) is 5.32 Å². The highest BCUT2D eigenvalue weighted by Gasteiger charge is 2.12. The van der Waals surface area contributed by atoms with Crippen LogP contribution in [0.1, 0.15) is 22.7 Å². The van der Waals surface area contributed by atoms with Crippen LogP contribution in [-0.2, 0) is 0 Å². The topological polar surface area (TPSA) is 35.8 Å². The van der Waals surface area contributed by atoms with Crippen LogP contribution in [0.5, 0.6) is 0 Å². The summed E-state index contributed by atoms with van der Waals surface area (Å²) in [6, 6.07) is 15.5. The molecule has 2 aromatic rings. The van der Waals surface area contributed by atoms with E-state index >= 15 is 0 Å². The monoisotopic (exact) mass is 270 g/mol. The molecule has 0 amide bonds. The van der Waals surface area contributed by atoms with E-state index in [4.69, 9.17) is 11.6 Å². The van der Waals surface area contributed by atoms with Gasteiger partial charge in [0.05, 0.1) is 6.07 Å². The molecular formula is C16H15ClN2. The number of hydrogen-bond acceptors (Lipinski definition) is 2. The molecule has 2 rings (SSSR count). The average molecular weight is 271 g/mol. The maximum absolute atomic E-state index is 9.34. The quantitative estimate of drug-likeness (QED) is 0.882. The summed E-state index contributed by atoms with van der Waals surface area (Å²) in [5, 5.41) is 13.3. The number of hydrogen-bond donors (Lipinski definition) is 1. The Bertz CT molecular complexity index is 612. The second kappa shape index (κ2) is 5.77. The Morgan fingerprint density at radius 1 is 1.11 bits per heavy atom. The molecule has 1 atom stereocenters. The SMILES string of the molecule is Cc1ccc(NC(C#N)c2ccc(Cl)cc2C)cc1. The smallest absolute Gasteiger partial charge is 0.140 e. The molecule has 1 N–H and O–H groups in total. The number of nitriles is 1.